The largest absolute Gasteiger partial charge is 0.493 e. The van der Waals surface area contributed by atoms with E-state index in [4.69, 9.17) is 4.74 Å². The molecule has 3 amide bonds. The first-order chi connectivity index (χ1) is 21.8. The van der Waals surface area contributed by atoms with Crippen LogP contribution in [-0.2, 0) is 20.9 Å². The van der Waals surface area contributed by atoms with Crippen LogP contribution in [0.5, 0.6) is 5.75 Å². The monoisotopic (exact) mass is 722 g/mol. The molecule has 2 aliphatic rings. The molecule has 2 unspecified atom stereocenters. The lowest BCUT2D eigenvalue weighted by Crippen LogP contribution is -2.59. The summed E-state index contributed by atoms with van der Waals surface area (Å²) in [5, 5.41) is 17.1. The van der Waals surface area contributed by atoms with Gasteiger partial charge in [0.15, 0.2) is 5.67 Å². The molecular formula is C34H48BrFN4O5S. The van der Waals surface area contributed by atoms with E-state index < -0.39 is 47.0 Å². The maximum absolute atomic E-state index is 14.5. The van der Waals surface area contributed by atoms with Crippen molar-refractivity contribution >= 4 is 45.0 Å². The van der Waals surface area contributed by atoms with Gasteiger partial charge in [-0.05, 0) is 49.7 Å². The van der Waals surface area contributed by atoms with Gasteiger partial charge in [0.2, 0.25) is 11.8 Å². The average molecular weight is 724 g/mol. The van der Waals surface area contributed by atoms with Gasteiger partial charge < -0.3 is 25.4 Å². The Bertz CT molecular complexity index is 1360. The van der Waals surface area contributed by atoms with Crippen molar-refractivity contribution in [3.8, 4) is 16.2 Å². The maximum atomic E-state index is 14.5. The lowest BCUT2D eigenvalue weighted by Gasteiger charge is -2.35. The van der Waals surface area contributed by atoms with Crippen molar-refractivity contribution in [1.82, 2.24) is 20.5 Å². The highest BCUT2D eigenvalue weighted by Gasteiger charge is 2.53. The van der Waals surface area contributed by atoms with Gasteiger partial charge in [-0.2, -0.15) is 0 Å². The highest BCUT2D eigenvalue weighted by atomic mass is 79.9. The molecule has 4 rings (SSSR count). The molecule has 0 radical (unpaired) electrons. The molecular weight excluding hydrogens is 675 g/mol. The number of aliphatic hydroxyl groups excluding tert-OH is 1. The Labute approximate surface area is 284 Å². The Morgan fingerprint density at radius 1 is 1.17 bits per heavy atom. The highest BCUT2D eigenvalue weighted by Crippen LogP contribution is 2.40. The summed E-state index contributed by atoms with van der Waals surface area (Å²) in [7, 11) is 0. The average Bonchev–Trinajstić information content (AvgIpc) is 3.42. The predicted octanol–water partition coefficient (Wildman–Crippen LogP) is 5.84. The zero-order valence-electron chi connectivity index (χ0n) is 27.4. The lowest BCUT2D eigenvalue weighted by atomic mass is 9.85. The number of nitrogens with one attached hydrogen (secondary N) is 2. The van der Waals surface area contributed by atoms with Crippen LogP contribution in [0.1, 0.15) is 89.8 Å². The molecule has 0 spiro atoms. The van der Waals surface area contributed by atoms with E-state index >= 15 is 0 Å². The summed E-state index contributed by atoms with van der Waals surface area (Å²) in [5.74, 6) is -1.05. The molecule has 2 heterocycles. The van der Waals surface area contributed by atoms with Crippen LogP contribution < -0.4 is 15.4 Å². The first-order valence-corrected chi connectivity index (χ1v) is 18.3. The fraction of sp³-hybridized carbons (Fsp3) is 0.647. The van der Waals surface area contributed by atoms with Gasteiger partial charge in [0.1, 0.15) is 17.8 Å². The summed E-state index contributed by atoms with van der Waals surface area (Å²) >= 11 is 5.04. The van der Waals surface area contributed by atoms with E-state index in [9.17, 15) is 23.9 Å². The molecule has 1 aliphatic heterocycles. The predicted molar refractivity (Wildman–Crippen MR) is 182 cm³/mol. The van der Waals surface area contributed by atoms with Gasteiger partial charge in [-0.25, -0.2) is 9.37 Å². The second-order valence-corrected chi connectivity index (χ2v) is 15.2. The number of carbonyl (C=O) groups excluding carboxylic acids is 3. The molecule has 0 bridgehead atoms. The second kappa shape index (κ2) is 16.0. The van der Waals surface area contributed by atoms with E-state index in [2.05, 4.69) is 31.5 Å². The Morgan fingerprint density at radius 2 is 1.87 bits per heavy atom. The minimum atomic E-state index is -1.94. The smallest absolute Gasteiger partial charge is 0.258 e. The molecule has 12 heteroatoms. The quantitative estimate of drug-likeness (QED) is 0.148. The number of aliphatic hydroxyl groups is 1. The first-order valence-electron chi connectivity index (χ1n) is 16.3. The normalized spacial score (nSPS) is 19.5. The van der Waals surface area contributed by atoms with Crippen molar-refractivity contribution in [3.63, 3.8) is 0 Å². The molecule has 1 saturated heterocycles. The number of amides is 3. The number of hydrogen-bond donors (Lipinski definition) is 3. The molecule has 1 aromatic heterocycles. The van der Waals surface area contributed by atoms with Gasteiger partial charge >= 0.3 is 0 Å². The summed E-state index contributed by atoms with van der Waals surface area (Å²) in [6.45, 7) is 7.98. The third-order valence-electron chi connectivity index (χ3n) is 8.66. The second-order valence-electron chi connectivity index (χ2n) is 13.6. The number of alkyl halides is 2. The van der Waals surface area contributed by atoms with E-state index in [1.165, 1.54) is 24.2 Å². The third-order valence-corrected chi connectivity index (χ3v) is 10.2. The molecule has 254 valence electrons. The number of benzene rings is 1. The zero-order valence-corrected chi connectivity index (χ0v) is 29.8. The van der Waals surface area contributed by atoms with Crippen molar-refractivity contribution in [3.05, 3.63) is 35.0 Å². The van der Waals surface area contributed by atoms with Crippen LogP contribution in [0.25, 0.3) is 10.4 Å². The summed E-state index contributed by atoms with van der Waals surface area (Å²) < 4.78 is 20.8. The number of β-amino-alcohol motifs (C(OH)–C–C–N with tert-alkyl or cyclic N) is 1. The molecule has 1 saturated carbocycles. The van der Waals surface area contributed by atoms with E-state index in [0.717, 1.165) is 46.3 Å². The molecule has 3 atom stereocenters. The molecule has 2 aromatic rings. The number of aromatic nitrogens is 1. The molecule has 46 heavy (non-hydrogen) atoms. The van der Waals surface area contributed by atoms with Crippen molar-refractivity contribution in [2.24, 2.45) is 5.41 Å². The zero-order chi connectivity index (χ0) is 33.5. The minimum Gasteiger partial charge on any atom is -0.493 e. The summed E-state index contributed by atoms with van der Waals surface area (Å²) in [6, 6.07) is 3.93. The van der Waals surface area contributed by atoms with E-state index in [1.807, 2.05) is 30.6 Å². The maximum Gasteiger partial charge on any atom is 0.258 e. The number of aryl methyl sites for hydroxylation is 1. The molecule has 2 fully saturated rings. The Balaban J connectivity index is 1.43. The van der Waals surface area contributed by atoms with E-state index in [0.29, 0.717) is 12.4 Å². The number of halogens is 2. The summed E-state index contributed by atoms with van der Waals surface area (Å²) in [5.41, 5.74) is 1.86. The fourth-order valence-electron chi connectivity index (χ4n) is 5.66. The SMILES string of the molecule is Cc1ncsc1-c1ccc(CNC(=O)C2CC(O)CN2C(=O)[C@@H](NC(=O)C2(F)CC2)C(C)(C)C)c(OCCCCCCCCBr)c1. The van der Waals surface area contributed by atoms with Crippen molar-refractivity contribution < 1.29 is 28.6 Å². The number of carbonyl (C=O) groups is 3. The Hall–Kier alpha value is -2.57. The standard InChI is InChI=1S/C34H48BrFN4O5S/c1-22-28(46-21-38-22)23-11-12-24(27(17-23)45-16-10-8-6-5-7-9-15-35)19-37-30(42)26-18-25(41)20-40(26)31(43)29(33(2,3)4)39-32(44)34(36)13-14-34/h11-12,17,21,25-26,29,41H,5-10,13-16,18-20H2,1-4H3,(H,37,42)(H,39,44)/t25?,26?,29-/m1/s1. The molecule has 1 aromatic carbocycles. The minimum absolute atomic E-state index is 0.0481. The lowest BCUT2D eigenvalue weighted by molar-refractivity contribution is -0.145. The van der Waals surface area contributed by atoms with Gasteiger partial charge in [0.05, 0.1) is 28.8 Å². The number of unbranched alkanes of at least 4 members (excludes halogenated alkanes) is 5. The van der Waals surface area contributed by atoms with Crippen LogP contribution in [-0.4, -0.2) is 75.1 Å². The number of nitrogens with zero attached hydrogens (tertiary/aromatic N) is 2. The number of rotatable bonds is 16. The topological polar surface area (TPSA) is 121 Å². The highest BCUT2D eigenvalue weighted by molar-refractivity contribution is 9.09. The number of likely N-dealkylation sites (tertiary alicyclic amines) is 1. The van der Waals surface area contributed by atoms with Gasteiger partial charge in [-0.15, -0.1) is 11.3 Å². The summed E-state index contributed by atoms with van der Waals surface area (Å²) in [6.07, 6.45) is 6.22. The van der Waals surface area contributed by atoms with Gasteiger partial charge in [-0.3, -0.25) is 14.4 Å². The number of thiazole rings is 1. The van der Waals surface area contributed by atoms with E-state index in [1.54, 1.807) is 32.1 Å². The summed E-state index contributed by atoms with van der Waals surface area (Å²) in [4.78, 5) is 46.6. The number of ether oxygens (including phenoxy) is 1. The van der Waals surface area contributed by atoms with Crippen LogP contribution in [0.15, 0.2) is 23.7 Å². The van der Waals surface area contributed by atoms with Crippen molar-refractivity contribution in [2.75, 3.05) is 18.5 Å². The van der Waals surface area contributed by atoms with Crippen LogP contribution in [0.3, 0.4) is 0 Å². The van der Waals surface area contributed by atoms with Crippen LogP contribution in [0, 0.1) is 12.3 Å². The van der Waals surface area contributed by atoms with Crippen LogP contribution >= 0.6 is 27.3 Å². The molecule has 1 aliphatic carbocycles. The molecule has 9 nitrogen and oxygen atoms in total. The van der Waals surface area contributed by atoms with Gasteiger partial charge in [0, 0.05) is 30.4 Å². The van der Waals surface area contributed by atoms with Crippen molar-refractivity contribution in [2.45, 2.75) is 116 Å². The van der Waals surface area contributed by atoms with Crippen LogP contribution in [0.2, 0.25) is 0 Å². The fourth-order valence-corrected chi connectivity index (χ4v) is 6.86. The first kappa shape index (κ1) is 36.3. The third kappa shape index (κ3) is 9.50. The van der Waals surface area contributed by atoms with Gasteiger partial charge in [-0.1, -0.05) is 74.5 Å². The Kier molecular flexibility index (Phi) is 12.6. The number of hydrogen-bond acceptors (Lipinski definition) is 7. The van der Waals surface area contributed by atoms with Gasteiger partial charge in [0.25, 0.3) is 5.91 Å². The van der Waals surface area contributed by atoms with Crippen LogP contribution in [0.4, 0.5) is 4.39 Å². The van der Waals surface area contributed by atoms with E-state index in [-0.39, 0.29) is 32.4 Å². The molecule has 3 N–H and O–H groups in total. The Morgan fingerprint density at radius 3 is 2.50 bits per heavy atom. The van der Waals surface area contributed by atoms with Crippen molar-refractivity contribution in [1.29, 1.82) is 0 Å².